The number of nitrogens with zero attached hydrogens (tertiary/aromatic N) is 4. The number of aromatic nitrogens is 1. The third kappa shape index (κ3) is 5.36. The lowest BCUT2D eigenvalue weighted by molar-refractivity contribution is -0.144. The molecule has 0 bridgehead atoms. The van der Waals surface area contributed by atoms with Crippen molar-refractivity contribution in [3.05, 3.63) is 53.5 Å². The maximum Gasteiger partial charge on any atom is 0.328 e. The van der Waals surface area contributed by atoms with E-state index in [0.717, 1.165) is 42.0 Å². The summed E-state index contributed by atoms with van der Waals surface area (Å²) in [5.41, 5.74) is 2.81. The minimum atomic E-state index is -0.644. The van der Waals surface area contributed by atoms with Gasteiger partial charge in [-0.2, -0.15) is 0 Å². The summed E-state index contributed by atoms with van der Waals surface area (Å²) in [4.78, 5) is 45.1. The number of carbonyl (C=O) groups excluding carboxylic acids is 3. The van der Waals surface area contributed by atoms with E-state index in [-0.39, 0.29) is 25.5 Å². The fraction of sp³-hybridized carbons (Fsp3) is 0.417. The number of pyridine rings is 1. The third-order valence-electron chi connectivity index (χ3n) is 6.01. The number of benzene rings is 1. The van der Waals surface area contributed by atoms with Gasteiger partial charge in [-0.25, -0.2) is 14.2 Å². The number of piperidine rings is 1. The van der Waals surface area contributed by atoms with Gasteiger partial charge in [-0.3, -0.25) is 19.4 Å². The lowest BCUT2D eigenvalue weighted by atomic mass is 10.1. The molecule has 2 aliphatic heterocycles. The lowest BCUT2D eigenvalue weighted by Gasteiger charge is -2.26. The first-order valence-corrected chi connectivity index (χ1v) is 11.1. The molecule has 0 atom stereocenters. The van der Waals surface area contributed by atoms with Gasteiger partial charge in [0.1, 0.15) is 18.9 Å². The van der Waals surface area contributed by atoms with Crippen molar-refractivity contribution in [3.63, 3.8) is 0 Å². The van der Waals surface area contributed by atoms with Crippen LogP contribution in [0.25, 0.3) is 11.3 Å². The van der Waals surface area contributed by atoms with Crippen LogP contribution in [-0.4, -0.2) is 70.9 Å². The highest BCUT2D eigenvalue weighted by molar-refractivity contribution is 6.04. The molecule has 0 saturated carbocycles. The number of hydrogen-bond acceptors (Lipinski definition) is 6. The molecule has 4 rings (SSSR count). The second-order valence-corrected chi connectivity index (χ2v) is 8.35. The minimum Gasteiger partial charge on any atom is -0.468 e. The molecule has 174 valence electrons. The number of carbonyl (C=O) groups is 3. The Morgan fingerprint density at radius 3 is 2.45 bits per heavy atom. The Kier molecular flexibility index (Phi) is 6.98. The molecule has 8 nitrogen and oxygen atoms in total. The maximum atomic E-state index is 14.3. The summed E-state index contributed by atoms with van der Waals surface area (Å²) in [5.74, 6) is -1.37. The molecule has 0 N–H and O–H groups in total. The lowest BCUT2D eigenvalue weighted by Crippen LogP contribution is -2.37. The van der Waals surface area contributed by atoms with Crippen molar-refractivity contribution in [2.24, 2.45) is 0 Å². The van der Waals surface area contributed by atoms with Crippen LogP contribution in [0.15, 0.2) is 36.4 Å². The van der Waals surface area contributed by atoms with Crippen molar-refractivity contribution in [1.82, 2.24) is 19.7 Å². The van der Waals surface area contributed by atoms with Crippen LogP contribution >= 0.6 is 0 Å². The van der Waals surface area contributed by atoms with Crippen LogP contribution in [0.4, 0.5) is 9.18 Å². The zero-order valence-corrected chi connectivity index (χ0v) is 18.6. The van der Waals surface area contributed by atoms with E-state index in [1.165, 1.54) is 24.5 Å². The van der Waals surface area contributed by atoms with Crippen LogP contribution < -0.4 is 0 Å². The van der Waals surface area contributed by atoms with E-state index in [0.29, 0.717) is 17.9 Å². The first kappa shape index (κ1) is 22.8. The van der Waals surface area contributed by atoms with Gasteiger partial charge >= 0.3 is 12.0 Å². The fourth-order valence-corrected chi connectivity index (χ4v) is 4.15. The molecule has 33 heavy (non-hydrogen) atoms. The van der Waals surface area contributed by atoms with E-state index in [1.54, 1.807) is 6.07 Å². The second-order valence-electron chi connectivity index (χ2n) is 8.35. The van der Waals surface area contributed by atoms with Crippen LogP contribution in [-0.2, 0) is 27.4 Å². The maximum absolute atomic E-state index is 14.3. The highest BCUT2D eigenvalue weighted by atomic mass is 19.1. The Bertz CT molecular complexity index is 1040. The minimum absolute atomic E-state index is 0.0864. The first-order valence-electron chi connectivity index (χ1n) is 11.1. The zero-order valence-electron chi connectivity index (χ0n) is 18.6. The highest BCUT2D eigenvalue weighted by Gasteiger charge is 2.37. The molecule has 2 fully saturated rings. The number of amides is 3. The number of imide groups is 1. The third-order valence-corrected chi connectivity index (χ3v) is 6.01. The topological polar surface area (TPSA) is 83.1 Å². The molecule has 1 aromatic carbocycles. The van der Waals surface area contributed by atoms with Gasteiger partial charge < -0.3 is 9.64 Å². The zero-order chi connectivity index (χ0) is 23.4. The largest absolute Gasteiger partial charge is 0.468 e. The molecule has 2 saturated heterocycles. The average Bonchev–Trinajstić information content (AvgIpc) is 3.09. The van der Waals surface area contributed by atoms with Gasteiger partial charge in [-0.15, -0.1) is 0 Å². The number of esters is 1. The predicted octanol–water partition coefficient (Wildman–Crippen LogP) is 2.81. The summed E-state index contributed by atoms with van der Waals surface area (Å²) < 4.78 is 18.9. The van der Waals surface area contributed by atoms with Gasteiger partial charge in [0.2, 0.25) is 0 Å². The summed E-state index contributed by atoms with van der Waals surface area (Å²) >= 11 is 0. The summed E-state index contributed by atoms with van der Waals surface area (Å²) in [6.07, 6.45) is 3.49. The number of rotatable bonds is 7. The molecule has 9 heteroatoms. The first-order chi connectivity index (χ1) is 15.9. The molecule has 2 aliphatic rings. The Hall–Kier alpha value is -3.33. The van der Waals surface area contributed by atoms with Crippen molar-refractivity contribution >= 4 is 17.9 Å². The highest BCUT2D eigenvalue weighted by Crippen LogP contribution is 2.22. The molecule has 0 spiro atoms. The Morgan fingerprint density at radius 2 is 1.76 bits per heavy atom. The molecular formula is C24H27FN4O4. The van der Waals surface area contributed by atoms with Gasteiger partial charge in [-0.1, -0.05) is 30.7 Å². The van der Waals surface area contributed by atoms with E-state index in [2.05, 4.69) is 14.6 Å². The average molecular weight is 455 g/mol. The van der Waals surface area contributed by atoms with E-state index < -0.39 is 17.9 Å². The standard InChI is InChI=1S/C24H27FN4O4/c1-33-23(31)16-29-22(30)15-28(24(29)32)13-17-5-7-18(8-6-17)20-10-9-19(25)21(26-20)14-27-11-3-2-4-12-27/h5-10H,2-4,11-16H2,1H3. The molecule has 0 unspecified atom stereocenters. The smallest absolute Gasteiger partial charge is 0.328 e. The van der Waals surface area contributed by atoms with Crippen LogP contribution in [0.5, 0.6) is 0 Å². The van der Waals surface area contributed by atoms with E-state index >= 15 is 0 Å². The van der Waals surface area contributed by atoms with Crippen molar-refractivity contribution in [1.29, 1.82) is 0 Å². The van der Waals surface area contributed by atoms with Crippen LogP contribution in [0.3, 0.4) is 0 Å². The van der Waals surface area contributed by atoms with Crippen LogP contribution in [0.1, 0.15) is 30.5 Å². The number of urea groups is 1. The summed E-state index contributed by atoms with van der Waals surface area (Å²) in [7, 11) is 1.21. The SMILES string of the molecule is COC(=O)CN1C(=O)CN(Cc2ccc(-c3ccc(F)c(CN4CCCCC4)n3)cc2)C1=O. The molecule has 3 amide bonds. The van der Waals surface area contributed by atoms with Crippen molar-refractivity contribution in [2.75, 3.05) is 33.3 Å². The van der Waals surface area contributed by atoms with Gasteiger partial charge in [0, 0.05) is 18.7 Å². The van der Waals surface area contributed by atoms with E-state index in [1.807, 2.05) is 24.3 Å². The Morgan fingerprint density at radius 1 is 1.03 bits per heavy atom. The summed E-state index contributed by atoms with van der Waals surface area (Å²) in [6, 6.07) is 10.1. The van der Waals surface area contributed by atoms with Crippen LogP contribution in [0.2, 0.25) is 0 Å². The van der Waals surface area contributed by atoms with Crippen molar-refractivity contribution < 1.29 is 23.5 Å². The summed E-state index contributed by atoms with van der Waals surface area (Å²) in [6.45, 7) is 2.20. The van der Waals surface area contributed by atoms with E-state index in [4.69, 9.17) is 0 Å². The quantitative estimate of drug-likeness (QED) is 0.473. The monoisotopic (exact) mass is 454 g/mol. The molecule has 1 aromatic heterocycles. The molecule has 2 aromatic rings. The normalized spacial score (nSPS) is 17.0. The predicted molar refractivity (Wildman–Crippen MR) is 118 cm³/mol. The van der Waals surface area contributed by atoms with Gasteiger partial charge in [0.05, 0.1) is 18.5 Å². The van der Waals surface area contributed by atoms with Gasteiger partial charge in [-0.05, 0) is 43.6 Å². The van der Waals surface area contributed by atoms with Crippen LogP contribution in [0, 0.1) is 5.82 Å². The van der Waals surface area contributed by atoms with E-state index in [9.17, 15) is 18.8 Å². The van der Waals surface area contributed by atoms with Crippen molar-refractivity contribution in [2.45, 2.75) is 32.4 Å². The second kappa shape index (κ2) is 10.1. The number of likely N-dealkylation sites (tertiary alicyclic amines) is 1. The molecular weight excluding hydrogens is 427 g/mol. The fourth-order valence-electron chi connectivity index (χ4n) is 4.15. The Balaban J connectivity index is 1.42. The van der Waals surface area contributed by atoms with Gasteiger partial charge in [0.15, 0.2) is 0 Å². The molecule has 0 aliphatic carbocycles. The number of ether oxygens (including phenoxy) is 1. The summed E-state index contributed by atoms with van der Waals surface area (Å²) in [5, 5.41) is 0. The number of halogens is 1. The number of methoxy groups -OCH3 is 1. The Labute approximate surface area is 191 Å². The van der Waals surface area contributed by atoms with Crippen molar-refractivity contribution in [3.8, 4) is 11.3 Å². The molecule has 0 radical (unpaired) electrons. The molecule has 3 heterocycles. The number of hydrogen-bond donors (Lipinski definition) is 0. The van der Waals surface area contributed by atoms with Gasteiger partial charge in [0.25, 0.3) is 5.91 Å².